The maximum absolute atomic E-state index is 13.5. The van der Waals surface area contributed by atoms with Gasteiger partial charge in [0, 0.05) is 26.7 Å². The van der Waals surface area contributed by atoms with E-state index in [4.69, 9.17) is 0 Å². The molecule has 2 nitrogen and oxygen atoms in total. The molecule has 0 spiro atoms. The van der Waals surface area contributed by atoms with Crippen LogP contribution < -0.4 is 5.32 Å². The molecule has 0 aliphatic carbocycles. The van der Waals surface area contributed by atoms with Gasteiger partial charge in [-0.05, 0) is 40.2 Å². The van der Waals surface area contributed by atoms with E-state index in [9.17, 15) is 9.50 Å². The van der Waals surface area contributed by atoms with Crippen LogP contribution in [-0.4, -0.2) is 11.7 Å². The van der Waals surface area contributed by atoms with Crippen LogP contribution in [0.4, 0.5) is 10.1 Å². The minimum Gasteiger partial charge on any atom is -0.386 e. The van der Waals surface area contributed by atoms with Crippen LogP contribution in [0.2, 0.25) is 0 Å². The van der Waals surface area contributed by atoms with Crippen molar-refractivity contribution in [2.45, 2.75) is 6.10 Å². The van der Waals surface area contributed by atoms with Crippen LogP contribution in [0.5, 0.6) is 0 Å². The van der Waals surface area contributed by atoms with E-state index in [2.05, 4.69) is 37.2 Å². The summed E-state index contributed by atoms with van der Waals surface area (Å²) in [5.74, 6) is -0.397. The lowest BCUT2D eigenvalue weighted by molar-refractivity contribution is 0.186. The summed E-state index contributed by atoms with van der Waals surface area (Å²) in [6, 6.07) is 11.9. The van der Waals surface area contributed by atoms with E-state index >= 15 is 0 Å². The summed E-state index contributed by atoms with van der Waals surface area (Å²) >= 11 is 6.79. The van der Waals surface area contributed by atoms with Crippen molar-refractivity contribution in [3.8, 4) is 0 Å². The smallest absolute Gasteiger partial charge is 0.129 e. The number of rotatable bonds is 4. The van der Waals surface area contributed by atoms with E-state index in [1.807, 2.05) is 18.2 Å². The number of aliphatic hydroxyl groups is 1. The van der Waals surface area contributed by atoms with Crippen molar-refractivity contribution in [3.63, 3.8) is 0 Å². The van der Waals surface area contributed by atoms with E-state index < -0.39 is 11.9 Å². The van der Waals surface area contributed by atoms with Gasteiger partial charge in [-0.2, -0.15) is 0 Å². The predicted octanol–water partition coefficient (Wildman–Crippen LogP) is 4.50. The van der Waals surface area contributed by atoms with E-state index in [1.165, 1.54) is 6.07 Å². The van der Waals surface area contributed by atoms with Crippen LogP contribution in [0, 0.1) is 5.82 Å². The Balaban J connectivity index is 2.04. The topological polar surface area (TPSA) is 32.3 Å². The summed E-state index contributed by atoms with van der Waals surface area (Å²) < 4.78 is 15.3. The number of anilines is 1. The second-order valence-electron chi connectivity index (χ2n) is 4.04. The number of hydrogen-bond donors (Lipinski definition) is 2. The van der Waals surface area contributed by atoms with E-state index in [-0.39, 0.29) is 6.54 Å². The molecule has 0 fully saturated rings. The van der Waals surface area contributed by atoms with Gasteiger partial charge in [-0.25, -0.2) is 4.39 Å². The van der Waals surface area contributed by atoms with Crippen molar-refractivity contribution < 1.29 is 9.50 Å². The normalized spacial score (nSPS) is 12.2. The van der Waals surface area contributed by atoms with Crippen LogP contribution in [0.25, 0.3) is 0 Å². The number of nitrogens with one attached hydrogen (secondary N) is 1. The second-order valence-corrected chi connectivity index (χ2v) is 5.81. The lowest BCUT2D eigenvalue weighted by Gasteiger charge is -2.15. The molecule has 0 radical (unpaired) electrons. The van der Waals surface area contributed by atoms with Crippen molar-refractivity contribution in [2.75, 3.05) is 11.9 Å². The molecule has 0 amide bonds. The van der Waals surface area contributed by atoms with Gasteiger partial charge in [0.15, 0.2) is 0 Å². The Morgan fingerprint density at radius 2 is 1.89 bits per heavy atom. The summed E-state index contributed by atoms with van der Waals surface area (Å²) in [5, 5.41) is 13.1. The quantitative estimate of drug-likeness (QED) is 0.808. The predicted molar refractivity (Wildman–Crippen MR) is 81.7 cm³/mol. The fraction of sp³-hybridized carbons (Fsp3) is 0.143. The summed E-state index contributed by atoms with van der Waals surface area (Å²) in [6.07, 6.45) is -0.892. The Kier molecular flexibility index (Phi) is 4.96. The van der Waals surface area contributed by atoms with Crippen LogP contribution in [-0.2, 0) is 0 Å². The van der Waals surface area contributed by atoms with Gasteiger partial charge >= 0.3 is 0 Å². The molecule has 0 aromatic heterocycles. The highest BCUT2D eigenvalue weighted by atomic mass is 79.9. The molecule has 0 heterocycles. The molecule has 1 atom stereocenters. The highest BCUT2D eigenvalue weighted by Crippen LogP contribution is 2.27. The minimum atomic E-state index is -0.892. The van der Waals surface area contributed by atoms with Gasteiger partial charge in [0.1, 0.15) is 5.82 Å². The zero-order valence-electron chi connectivity index (χ0n) is 9.91. The van der Waals surface area contributed by atoms with Gasteiger partial charge < -0.3 is 10.4 Å². The van der Waals surface area contributed by atoms with Gasteiger partial charge in [0.05, 0.1) is 6.10 Å². The molecule has 2 rings (SSSR count). The molecule has 19 heavy (non-hydrogen) atoms. The third kappa shape index (κ3) is 3.78. The number of halogens is 3. The Morgan fingerprint density at radius 1 is 1.16 bits per heavy atom. The highest BCUT2D eigenvalue weighted by Gasteiger charge is 2.12. The Morgan fingerprint density at radius 3 is 2.58 bits per heavy atom. The van der Waals surface area contributed by atoms with Crippen LogP contribution in [0.1, 0.15) is 11.7 Å². The highest BCUT2D eigenvalue weighted by molar-refractivity contribution is 9.11. The van der Waals surface area contributed by atoms with E-state index in [1.54, 1.807) is 18.2 Å². The summed E-state index contributed by atoms with van der Waals surface area (Å²) in [4.78, 5) is 0. The number of hydrogen-bond acceptors (Lipinski definition) is 2. The lowest BCUT2D eigenvalue weighted by Crippen LogP contribution is -2.13. The molecule has 2 aromatic rings. The zero-order valence-corrected chi connectivity index (χ0v) is 13.1. The molecule has 0 saturated heterocycles. The summed E-state index contributed by atoms with van der Waals surface area (Å²) in [5.41, 5.74) is 1.14. The monoisotopic (exact) mass is 387 g/mol. The lowest BCUT2D eigenvalue weighted by atomic mass is 10.1. The molecule has 100 valence electrons. The molecule has 0 aliphatic rings. The van der Waals surface area contributed by atoms with Gasteiger partial charge in [-0.1, -0.05) is 34.1 Å². The van der Waals surface area contributed by atoms with Crippen molar-refractivity contribution in [2.24, 2.45) is 0 Å². The molecule has 5 heteroatoms. The standard InChI is InChI=1S/C14H12Br2FNO/c15-9-5-6-13(11(16)7-9)18-8-14(19)10-3-1-2-4-12(10)17/h1-7,14,18-19H,8H2. The third-order valence-corrected chi connectivity index (χ3v) is 3.83. The van der Waals surface area contributed by atoms with E-state index in [0.717, 1.165) is 14.6 Å². The van der Waals surface area contributed by atoms with Gasteiger partial charge in [0.2, 0.25) is 0 Å². The second kappa shape index (κ2) is 6.50. The molecule has 0 aliphatic heterocycles. The van der Waals surface area contributed by atoms with Gasteiger partial charge in [-0.15, -0.1) is 0 Å². The minimum absolute atomic E-state index is 0.237. The largest absolute Gasteiger partial charge is 0.386 e. The molecule has 1 unspecified atom stereocenters. The van der Waals surface area contributed by atoms with Crippen molar-refractivity contribution in [3.05, 3.63) is 62.8 Å². The maximum Gasteiger partial charge on any atom is 0.129 e. The van der Waals surface area contributed by atoms with Crippen LogP contribution >= 0.6 is 31.9 Å². The van der Waals surface area contributed by atoms with Crippen LogP contribution in [0.15, 0.2) is 51.4 Å². The third-order valence-electron chi connectivity index (χ3n) is 2.68. The molecule has 0 saturated carbocycles. The first-order chi connectivity index (χ1) is 9.08. The Hall–Kier alpha value is -0.910. The van der Waals surface area contributed by atoms with E-state index in [0.29, 0.717) is 5.56 Å². The van der Waals surface area contributed by atoms with Crippen molar-refractivity contribution >= 4 is 37.5 Å². The first-order valence-electron chi connectivity index (χ1n) is 5.69. The van der Waals surface area contributed by atoms with Gasteiger partial charge in [0.25, 0.3) is 0 Å². The molecule has 2 N–H and O–H groups in total. The average Bonchev–Trinajstić information content (AvgIpc) is 2.38. The summed E-state index contributed by atoms with van der Waals surface area (Å²) in [7, 11) is 0. The first-order valence-corrected chi connectivity index (χ1v) is 7.28. The maximum atomic E-state index is 13.5. The fourth-order valence-corrected chi connectivity index (χ4v) is 2.88. The fourth-order valence-electron chi connectivity index (χ4n) is 1.69. The average molecular weight is 389 g/mol. The van der Waals surface area contributed by atoms with Crippen LogP contribution in [0.3, 0.4) is 0 Å². The SMILES string of the molecule is OC(CNc1ccc(Br)cc1Br)c1ccccc1F. The Labute approximate surface area is 127 Å². The zero-order chi connectivity index (χ0) is 13.8. The van der Waals surface area contributed by atoms with Crippen molar-refractivity contribution in [1.82, 2.24) is 0 Å². The number of benzene rings is 2. The molecular weight excluding hydrogens is 377 g/mol. The summed E-state index contributed by atoms with van der Waals surface area (Å²) in [6.45, 7) is 0.237. The van der Waals surface area contributed by atoms with Gasteiger partial charge in [-0.3, -0.25) is 0 Å². The Bertz CT molecular complexity index is 577. The number of aliphatic hydroxyl groups excluding tert-OH is 1. The molecular formula is C14H12Br2FNO. The van der Waals surface area contributed by atoms with Crippen molar-refractivity contribution in [1.29, 1.82) is 0 Å². The molecule has 2 aromatic carbocycles. The first kappa shape index (κ1) is 14.5. The molecule has 0 bridgehead atoms.